The summed E-state index contributed by atoms with van der Waals surface area (Å²) in [6.07, 6.45) is 5.57. The van der Waals surface area contributed by atoms with E-state index >= 15 is 0 Å². The van der Waals surface area contributed by atoms with Crippen LogP contribution >= 0.6 is 11.3 Å². The lowest BCUT2D eigenvalue weighted by atomic mass is 10.0. The van der Waals surface area contributed by atoms with Crippen molar-refractivity contribution in [1.82, 2.24) is 9.97 Å². The molecule has 0 atom stereocenters. The van der Waals surface area contributed by atoms with Gasteiger partial charge in [0, 0.05) is 11.9 Å². The number of nitrogens with zero attached hydrogens (tertiary/aromatic N) is 2. The number of amides is 1. The largest absolute Gasteiger partial charge is 0.478 e. The minimum Gasteiger partial charge on any atom is -0.478 e. The Bertz CT molecular complexity index is 1230. The number of hydrogen-bond acceptors (Lipinski definition) is 5. The number of carboxylic acid groups (broad SMARTS) is 1. The van der Waals surface area contributed by atoms with Crippen molar-refractivity contribution >= 4 is 51.4 Å². The van der Waals surface area contributed by atoms with Crippen molar-refractivity contribution in [3.63, 3.8) is 0 Å². The Labute approximate surface area is 176 Å². The fourth-order valence-corrected chi connectivity index (χ4v) is 3.82. The van der Waals surface area contributed by atoms with Gasteiger partial charge in [0.05, 0.1) is 12.0 Å². The van der Waals surface area contributed by atoms with Gasteiger partial charge in [0.1, 0.15) is 15.4 Å². The van der Waals surface area contributed by atoms with Crippen LogP contribution in [-0.2, 0) is 11.2 Å². The third-order valence-corrected chi connectivity index (χ3v) is 5.31. The fourth-order valence-electron chi connectivity index (χ4n) is 3.01. The van der Waals surface area contributed by atoms with Gasteiger partial charge < -0.3 is 10.4 Å². The van der Waals surface area contributed by atoms with Gasteiger partial charge in [-0.3, -0.25) is 4.79 Å². The molecular formula is C23H17N3O3S. The van der Waals surface area contributed by atoms with E-state index in [2.05, 4.69) is 15.3 Å². The summed E-state index contributed by atoms with van der Waals surface area (Å²) in [5.74, 6) is -1.32. The summed E-state index contributed by atoms with van der Waals surface area (Å²) in [4.78, 5) is 33.4. The van der Waals surface area contributed by atoms with Crippen LogP contribution in [0.4, 0.5) is 5.69 Å². The third kappa shape index (κ3) is 4.59. The highest BCUT2D eigenvalue weighted by Crippen LogP contribution is 2.22. The molecule has 2 aromatic heterocycles. The molecule has 2 N–H and O–H groups in total. The molecule has 0 radical (unpaired) electrons. The Morgan fingerprint density at radius 3 is 2.73 bits per heavy atom. The van der Waals surface area contributed by atoms with Crippen LogP contribution in [0.2, 0.25) is 0 Å². The second-order valence-corrected chi connectivity index (χ2v) is 7.53. The molecule has 30 heavy (non-hydrogen) atoms. The van der Waals surface area contributed by atoms with Gasteiger partial charge in [-0.25, -0.2) is 14.8 Å². The number of carbonyl (C=O) groups is 2. The van der Waals surface area contributed by atoms with Gasteiger partial charge in [0.2, 0.25) is 5.91 Å². The molecule has 0 saturated carbocycles. The van der Waals surface area contributed by atoms with Crippen molar-refractivity contribution in [2.75, 3.05) is 5.32 Å². The van der Waals surface area contributed by atoms with Gasteiger partial charge in [0.15, 0.2) is 0 Å². The van der Waals surface area contributed by atoms with E-state index in [4.69, 9.17) is 0 Å². The van der Waals surface area contributed by atoms with Crippen molar-refractivity contribution in [2.45, 2.75) is 6.42 Å². The van der Waals surface area contributed by atoms with E-state index in [0.717, 1.165) is 20.9 Å². The second kappa shape index (κ2) is 8.67. The lowest BCUT2D eigenvalue weighted by molar-refractivity contribution is -0.115. The highest BCUT2D eigenvalue weighted by atomic mass is 32.1. The number of carboxylic acids is 1. The molecule has 4 aromatic rings. The van der Waals surface area contributed by atoms with Crippen molar-refractivity contribution in [3.8, 4) is 0 Å². The number of thiazole rings is 1. The van der Waals surface area contributed by atoms with Crippen molar-refractivity contribution in [1.29, 1.82) is 0 Å². The number of nitrogens with one attached hydrogen (secondary N) is 1. The lowest BCUT2D eigenvalue weighted by Gasteiger charge is -2.08. The van der Waals surface area contributed by atoms with Crippen LogP contribution < -0.4 is 5.32 Å². The molecular weight excluding hydrogens is 398 g/mol. The van der Waals surface area contributed by atoms with E-state index < -0.39 is 5.97 Å². The molecule has 7 heteroatoms. The molecule has 2 aromatic carbocycles. The summed E-state index contributed by atoms with van der Waals surface area (Å²) >= 11 is 1.51. The van der Waals surface area contributed by atoms with Crippen LogP contribution in [0.15, 0.2) is 66.9 Å². The number of benzene rings is 2. The number of pyridine rings is 1. The summed E-state index contributed by atoms with van der Waals surface area (Å²) in [7, 11) is 0. The monoisotopic (exact) mass is 415 g/mol. The van der Waals surface area contributed by atoms with E-state index in [0.29, 0.717) is 11.3 Å². The molecule has 2 heterocycles. The van der Waals surface area contributed by atoms with Crippen LogP contribution in [0.3, 0.4) is 0 Å². The van der Waals surface area contributed by atoms with Gasteiger partial charge >= 0.3 is 5.97 Å². The summed E-state index contributed by atoms with van der Waals surface area (Å²) in [6, 6.07) is 17.7. The second-order valence-electron chi connectivity index (χ2n) is 6.53. The van der Waals surface area contributed by atoms with Crippen molar-refractivity contribution < 1.29 is 14.7 Å². The van der Waals surface area contributed by atoms with Gasteiger partial charge in [0.25, 0.3) is 0 Å². The Balaban J connectivity index is 1.45. The zero-order valence-corrected chi connectivity index (χ0v) is 16.6. The number of fused-ring (bicyclic) bond motifs is 1. The van der Waals surface area contributed by atoms with E-state index in [1.807, 2.05) is 42.5 Å². The van der Waals surface area contributed by atoms with Gasteiger partial charge in [-0.05, 0) is 47.5 Å². The maximum Gasteiger partial charge on any atom is 0.335 e. The molecule has 4 rings (SSSR count). The van der Waals surface area contributed by atoms with Gasteiger partial charge in [-0.1, -0.05) is 47.7 Å². The predicted octanol–water partition coefficient (Wildman–Crippen LogP) is 4.74. The van der Waals surface area contributed by atoms with Gasteiger partial charge in [-0.2, -0.15) is 0 Å². The van der Waals surface area contributed by atoms with Crippen LogP contribution in [0.25, 0.3) is 22.5 Å². The van der Waals surface area contributed by atoms with Crippen molar-refractivity contribution in [2.24, 2.45) is 0 Å². The molecule has 0 aliphatic rings. The molecule has 1 amide bonds. The molecule has 0 unspecified atom stereocenters. The smallest absolute Gasteiger partial charge is 0.335 e. The van der Waals surface area contributed by atoms with Gasteiger partial charge in [-0.15, -0.1) is 0 Å². The normalized spacial score (nSPS) is 11.1. The molecule has 0 aliphatic heterocycles. The van der Waals surface area contributed by atoms with Crippen LogP contribution in [0, 0.1) is 0 Å². The van der Waals surface area contributed by atoms with Crippen LogP contribution in [0.5, 0.6) is 0 Å². The Morgan fingerprint density at radius 1 is 1.03 bits per heavy atom. The molecule has 0 fully saturated rings. The first-order chi connectivity index (χ1) is 14.6. The first-order valence-corrected chi connectivity index (χ1v) is 10.0. The molecule has 0 aliphatic carbocycles. The Hall–Kier alpha value is -3.84. The summed E-state index contributed by atoms with van der Waals surface area (Å²) in [5.41, 5.74) is 3.02. The zero-order valence-electron chi connectivity index (χ0n) is 15.8. The minimum atomic E-state index is -1.05. The Morgan fingerprint density at radius 2 is 1.90 bits per heavy atom. The number of carbonyl (C=O) groups excluding carboxylic acids is 1. The molecule has 0 saturated heterocycles. The first kappa shape index (κ1) is 19.5. The molecule has 0 spiro atoms. The number of aromatic carboxylic acids is 1. The van der Waals surface area contributed by atoms with E-state index in [9.17, 15) is 14.7 Å². The van der Waals surface area contributed by atoms with Crippen LogP contribution in [-0.4, -0.2) is 27.0 Å². The van der Waals surface area contributed by atoms with E-state index in [1.54, 1.807) is 30.5 Å². The molecule has 148 valence electrons. The average molecular weight is 415 g/mol. The number of rotatable bonds is 6. The van der Waals surface area contributed by atoms with Crippen molar-refractivity contribution in [3.05, 3.63) is 88.6 Å². The highest BCUT2D eigenvalue weighted by molar-refractivity contribution is 7.18. The number of anilines is 1. The quantitative estimate of drug-likeness (QED) is 0.474. The number of hydrogen-bond donors (Lipinski definition) is 2. The maximum absolute atomic E-state index is 12.4. The summed E-state index contributed by atoms with van der Waals surface area (Å²) in [6.45, 7) is 0. The average Bonchev–Trinajstić information content (AvgIpc) is 3.16. The van der Waals surface area contributed by atoms with E-state index in [-0.39, 0.29) is 17.9 Å². The summed E-state index contributed by atoms with van der Waals surface area (Å²) in [5, 5.41) is 12.9. The fraction of sp³-hybridized carbons (Fsp3) is 0.0435. The topological polar surface area (TPSA) is 92.2 Å². The number of aromatic nitrogens is 2. The highest BCUT2D eigenvalue weighted by Gasteiger charge is 2.12. The maximum atomic E-state index is 12.4. The van der Waals surface area contributed by atoms with E-state index in [1.165, 1.54) is 17.4 Å². The SMILES string of the molecule is O=C(Cc1ccccc1C(=O)O)Nc1cccc(/C=C/c2nc3cccnc3s2)c1. The Kier molecular flexibility index (Phi) is 5.63. The van der Waals surface area contributed by atoms with Crippen LogP contribution in [0.1, 0.15) is 26.5 Å². The predicted molar refractivity (Wildman–Crippen MR) is 119 cm³/mol. The minimum absolute atomic E-state index is 0.0127. The summed E-state index contributed by atoms with van der Waals surface area (Å²) < 4.78 is 0. The third-order valence-electron chi connectivity index (χ3n) is 4.37. The molecule has 6 nitrogen and oxygen atoms in total. The molecule has 0 bridgehead atoms. The zero-order chi connectivity index (χ0) is 20.9. The first-order valence-electron chi connectivity index (χ1n) is 9.19. The standard InChI is InChI=1S/C23H17N3O3S/c27-20(14-16-6-1-2-8-18(16)23(28)29)25-17-7-3-5-15(13-17)10-11-21-26-19-9-4-12-24-22(19)30-21/h1-13H,14H2,(H,25,27)(H,28,29)/b11-10+. The lowest BCUT2D eigenvalue weighted by Crippen LogP contribution is -2.16.